The summed E-state index contributed by atoms with van der Waals surface area (Å²) in [6.45, 7) is 5.71. The zero-order valence-corrected chi connectivity index (χ0v) is 16.8. The first-order valence-electron chi connectivity index (χ1n) is 8.88. The van der Waals surface area contributed by atoms with Gasteiger partial charge in [0.1, 0.15) is 11.7 Å². The third kappa shape index (κ3) is 4.08. The molecular formula is C19H22N4O4S. The van der Waals surface area contributed by atoms with Crippen LogP contribution in [0.1, 0.15) is 32.8 Å². The zero-order chi connectivity index (χ0) is 20.5. The van der Waals surface area contributed by atoms with E-state index in [9.17, 15) is 18.5 Å². The third-order valence-electron chi connectivity index (χ3n) is 4.36. The Hall–Kier alpha value is -2.70. The maximum Gasteiger partial charge on any atom is 0.407 e. The van der Waals surface area contributed by atoms with Crippen molar-refractivity contribution in [3.8, 4) is 6.07 Å². The molecule has 1 aromatic heterocycles. The average molecular weight is 402 g/mol. The lowest BCUT2D eigenvalue weighted by molar-refractivity contribution is 0.0507. The van der Waals surface area contributed by atoms with Crippen LogP contribution >= 0.6 is 0 Å². The average Bonchev–Trinajstić information content (AvgIpc) is 3.08. The molecule has 0 radical (unpaired) electrons. The SMILES string of the molecule is CC(C)(C)OC(=O)N[C@H]1CCN(S(=O)(=O)c2cccc3cncc(C#N)c23)C1. The van der Waals surface area contributed by atoms with Gasteiger partial charge >= 0.3 is 6.09 Å². The summed E-state index contributed by atoms with van der Waals surface area (Å²) in [5.74, 6) is 0. The Morgan fingerprint density at radius 1 is 1.36 bits per heavy atom. The minimum absolute atomic E-state index is 0.0712. The van der Waals surface area contributed by atoms with Crippen LogP contribution in [0.4, 0.5) is 4.79 Å². The summed E-state index contributed by atoms with van der Waals surface area (Å²) >= 11 is 0. The van der Waals surface area contributed by atoms with Gasteiger partial charge in [-0.15, -0.1) is 0 Å². The van der Waals surface area contributed by atoms with E-state index in [1.54, 1.807) is 32.9 Å². The number of carbonyl (C=O) groups excluding carboxylic acids is 1. The minimum atomic E-state index is -3.84. The standard InChI is InChI=1S/C19H22N4O4S/c1-19(2,3)27-18(24)22-15-7-8-23(12-15)28(25,26)16-6-4-5-13-10-21-11-14(9-20)17(13)16/h4-6,10-11,15H,7-8,12H2,1-3H3,(H,22,24)/t15-/m0/s1. The number of aromatic nitrogens is 1. The Morgan fingerprint density at radius 2 is 2.11 bits per heavy atom. The molecular weight excluding hydrogens is 380 g/mol. The molecule has 0 aliphatic carbocycles. The van der Waals surface area contributed by atoms with Gasteiger partial charge in [0.15, 0.2) is 0 Å². The highest BCUT2D eigenvalue weighted by molar-refractivity contribution is 7.89. The van der Waals surface area contributed by atoms with E-state index in [1.165, 1.54) is 22.8 Å². The van der Waals surface area contributed by atoms with E-state index >= 15 is 0 Å². The van der Waals surface area contributed by atoms with Crippen LogP contribution in [0.2, 0.25) is 0 Å². The smallest absolute Gasteiger partial charge is 0.407 e. The number of sulfonamides is 1. The van der Waals surface area contributed by atoms with Crippen LogP contribution in [0, 0.1) is 11.3 Å². The Labute approximate surface area is 164 Å². The molecule has 2 aromatic rings. The number of pyridine rings is 1. The highest BCUT2D eigenvalue weighted by Crippen LogP contribution is 2.29. The molecule has 148 valence electrons. The highest BCUT2D eigenvalue weighted by Gasteiger charge is 2.35. The minimum Gasteiger partial charge on any atom is -0.444 e. The van der Waals surface area contributed by atoms with Crippen molar-refractivity contribution in [2.45, 2.75) is 43.7 Å². The first-order valence-corrected chi connectivity index (χ1v) is 10.3. The summed E-state index contributed by atoms with van der Waals surface area (Å²) in [6.07, 6.45) is 2.81. The van der Waals surface area contributed by atoms with Crippen LogP contribution in [-0.4, -0.2) is 48.5 Å². The van der Waals surface area contributed by atoms with Crippen molar-refractivity contribution < 1.29 is 17.9 Å². The first-order chi connectivity index (χ1) is 13.1. The van der Waals surface area contributed by atoms with Gasteiger partial charge in [0.05, 0.1) is 10.5 Å². The van der Waals surface area contributed by atoms with Crippen LogP contribution in [0.25, 0.3) is 10.8 Å². The molecule has 1 aliphatic heterocycles. The van der Waals surface area contributed by atoms with Gasteiger partial charge in [0.25, 0.3) is 0 Å². The number of carbonyl (C=O) groups is 1. The Bertz CT molecular complexity index is 1050. The van der Waals surface area contributed by atoms with E-state index in [1.807, 2.05) is 6.07 Å². The lowest BCUT2D eigenvalue weighted by Gasteiger charge is -2.22. The van der Waals surface area contributed by atoms with Gasteiger partial charge in [-0.1, -0.05) is 12.1 Å². The van der Waals surface area contributed by atoms with E-state index in [-0.39, 0.29) is 29.6 Å². The molecule has 1 atom stereocenters. The predicted octanol–water partition coefficient (Wildman–Crippen LogP) is 2.39. The van der Waals surface area contributed by atoms with Gasteiger partial charge in [-0.05, 0) is 33.3 Å². The molecule has 0 unspecified atom stereocenters. The number of nitrogens with one attached hydrogen (secondary N) is 1. The molecule has 0 bridgehead atoms. The van der Waals surface area contributed by atoms with Crippen molar-refractivity contribution in [2.75, 3.05) is 13.1 Å². The monoisotopic (exact) mass is 402 g/mol. The van der Waals surface area contributed by atoms with Crippen LogP contribution in [0.5, 0.6) is 0 Å². The maximum absolute atomic E-state index is 13.2. The molecule has 9 heteroatoms. The highest BCUT2D eigenvalue weighted by atomic mass is 32.2. The summed E-state index contributed by atoms with van der Waals surface area (Å²) in [7, 11) is -3.84. The molecule has 2 heterocycles. The van der Waals surface area contributed by atoms with Gasteiger partial charge in [0, 0.05) is 42.3 Å². The lowest BCUT2D eigenvalue weighted by atomic mass is 10.1. The number of benzene rings is 1. The first kappa shape index (κ1) is 20.0. The Kier molecular flexibility index (Phi) is 5.28. The topological polar surface area (TPSA) is 112 Å². The molecule has 1 aliphatic rings. The van der Waals surface area contributed by atoms with Crippen molar-refractivity contribution in [1.82, 2.24) is 14.6 Å². The molecule has 0 spiro atoms. The number of ether oxygens (including phenoxy) is 1. The molecule has 3 rings (SSSR count). The summed E-state index contributed by atoms with van der Waals surface area (Å²) in [5.41, 5.74) is -0.418. The fourth-order valence-corrected chi connectivity index (χ4v) is 4.91. The number of hydrogen-bond acceptors (Lipinski definition) is 6. The van der Waals surface area contributed by atoms with Gasteiger partial charge in [0.2, 0.25) is 10.0 Å². The molecule has 0 saturated carbocycles. The molecule has 1 amide bonds. The number of fused-ring (bicyclic) bond motifs is 1. The van der Waals surface area contributed by atoms with Gasteiger partial charge in [-0.3, -0.25) is 4.98 Å². The molecule has 1 N–H and O–H groups in total. The zero-order valence-electron chi connectivity index (χ0n) is 16.0. The number of hydrogen-bond donors (Lipinski definition) is 1. The van der Waals surface area contributed by atoms with Crippen LogP contribution in [-0.2, 0) is 14.8 Å². The van der Waals surface area contributed by atoms with Crippen molar-refractivity contribution >= 4 is 26.9 Å². The molecule has 28 heavy (non-hydrogen) atoms. The summed E-state index contributed by atoms with van der Waals surface area (Å²) in [6, 6.07) is 6.52. The molecule has 1 aromatic carbocycles. The second-order valence-electron chi connectivity index (χ2n) is 7.65. The fourth-order valence-electron chi connectivity index (χ4n) is 3.18. The van der Waals surface area contributed by atoms with Crippen molar-refractivity contribution in [3.63, 3.8) is 0 Å². The number of amides is 1. The predicted molar refractivity (Wildman–Crippen MR) is 103 cm³/mol. The summed E-state index contributed by atoms with van der Waals surface area (Å²) in [5, 5.41) is 13.0. The maximum atomic E-state index is 13.2. The van der Waals surface area contributed by atoms with Crippen LogP contribution < -0.4 is 5.32 Å². The van der Waals surface area contributed by atoms with Crippen LogP contribution in [0.15, 0.2) is 35.5 Å². The lowest BCUT2D eigenvalue weighted by Crippen LogP contribution is -2.41. The molecule has 1 fully saturated rings. The number of nitriles is 1. The summed E-state index contributed by atoms with van der Waals surface area (Å²) < 4.78 is 33.0. The normalized spacial score (nSPS) is 18.0. The largest absolute Gasteiger partial charge is 0.444 e. The number of rotatable bonds is 3. The van der Waals surface area contributed by atoms with Crippen molar-refractivity contribution in [2.24, 2.45) is 0 Å². The summed E-state index contributed by atoms with van der Waals surface area (Å²) in [4.78, 5) is 16.0. The van der Waals surface area contributed by atoms with Gasteiger partial charge in [-0.2, -0.15) is 9.57 Å². The van der Waals surface area contributed by atoms with E-state index in [4.69, 9.17) is 4.74 Å². The van der Waals surface area contributed by atoms with Crippen molar-refractivity contribution in [1.29, 1.82) is 5.26 Å². The van der Waals surface area contributed by atoms with E-state index < -0.39 is 21.7 Å². The number of nitrogens with zero attached hydrogens (tertiary/aromatic N) is 3. The second kappa shape index (κ2) is 7.37. The van der Waals surface area contributed by atoms with E-state index in [2.05, 4.69) is 10.3 Å². The molecule has 1 saturated heterocycles. The van der Waals surface area contributed by atoms with Gasteiger partial charge in [-0.25, -0.2) is 13.2 Å². The van der Waals surface area contributed by atoms with E-state index in [0.717, 1.165) is 0 Å². The quantitative estimate of drug-likeness (QED) is 0.843. The van der Waals surface area contributed by atoms with E-state index in [0.29, 0.717) is 17.2 Å². The molecule has 8 nitrogen and oxygen atoms in total. The third-order valence-corrected chi connectivity index (χ3v) is 6.26. The Morgan fingerprint density at radius 3 is 2.79 bits per heavy atom. The van der Waals surface area contributed by atoms with Gasteiger partial charge < -0.3 is 10.1 Å². The fraction of sp³-hybridized carbons (Fsp3) is 0.421. The Balaban J connectivity index is 1.85. The number of alkyl carbamates (subject to hydrolysis) is 1. The second-order valence-corrected chi connectivity index (χ2v) is 9.55. The van der Waals surface area contributed by atoms with Crippen LogP contribution in [0.3, 0.4) is 0 Å². The van der Waals surface area contributed by atoms with Crippen molar-refractivity contribution in [3.05, 3.63) is 36.2 Å².